The van der Waals surface area contributed by atoms with E-state index in [2.05, 4.69) is 22.1 Å². The molecule has 3 rings (SSSR count). The smallest absolute Gasteiger partial charge is 0.220 e. The maximum Gasteiger partial charge on any atom is 0.220 e. The molecule has 1 saturated heterocycles. The van der Waals surface area contributed by atoms with Crippen LogP contribution in [0.1, 0.15) is 54.8 Å². The molecule has 0 radical (unpaired) electrons. The lowest BCUT2D eigenvalue weighted by molar-refractivity contribution is -0.121. The molecule has 1 unspecified atom stereocenters. The minimum Gasteiger partial charge on any atom is -0.468 e. The van der Waals surface area contributed by atoms with Crippen LogP contribution in [0.5, 0.6) is 0 Å². The first-order valence-corrected chi connectivity index (χ1v) is 9.61. The number of nitrogens with zero attached hydrogens (tertiary/aromatic N) is 2. The number of furan rings is 1. The summed E-state index contributed by atoms with van der Waals surface area (Å²) in [7, 11) is 0. The van der Waals surface area contributed by atoms with E-state index in [-0.39, 0.29) is 30.6 Å². The van der Waals surface area contributed by atoms with Gasteiger partial charge in [0.2, 0.25) is 5.91 Å². The molecule has 0 aromatic carbocycles. The molecule has 2 aromatic rings. The van der Waals surface area contributed by atoms with Crippen molar-refractivity contribution in [2.75, 3.05) is 19.6 Å². The molecule has 6 nitrogen and oxygen atoms in total. The first kappa shape index (κ1) is 19.3. The average molecular weight is 369 g/mol. The molecular formula is C21H27N3O3. The topological polar surface area (TPSA) is 75.4 Å². The summed E-state index contributed by atoms with van der Waals surface area (Å²) in [6.45, 7) is 4.77. The Morgan fingerprint density at radius 3 is 2.74 bits per heavy atom. The van der Waals surface area contributed by atoms with Gasteiger partial charge in [0.25, 0.3) is 0 Å². The minimum atomic E-state index is -0.117. The summed E-state index contributed by atoms with van der Waals surface area (Å²) in [5.74, 6) is 1.43. The summed E-state index contributed by atoms with van der Waals surface area (Å²) in [6, 6.07) is 7.31. The van der Waals surface area contributed by atoms with Crippen LogP contribution in [0.2, 0.25) is 0 Å². The van der Waals surface area contributed by atoms with E-state index in [1.807, 2.05) is 12.1 Å². The minimum absolute atomic E-state index is 0.0328. The van der Waals surface area contributed by atoms with Crippen LogP contribution < -0.4 is 5.32 Å². The van der Waals surface area contributed by atoms with Crippen molar-refractivity contribution in [3.63, 3.8) is 0 Å². The molecular weight excluding hydrogens is 342 g/mol. The molecule has 1 amide bonds. The third-order valence-electron chi connectivity index (χ3n) is 5.19. The van der Waals surface area contributed by atoms with Gasteiger partial charge in [-0.15, -0.1) is 0 Å². The summed E-state index contributed by atoms with van der Waals surface area (Å²) in [6.07, 6.45) is 7.50. The largest absolute Gasteiger partial charge is 0.468 e. The molecule has 144 valence electrons. The van der Waals surface area contributed by atoms with Crippen molar-refractivity contribution in [2.24, 2.45) is 5.92 Å². The van der Waals surface area contributed by atoms with Crippen molar-refractivity contribution in [3.8, 4) is 0 Å². The molecule has 1 N–H and O–H groups in total. The van der Waals surface area contributed by atoms with E-state index in [9.17, 15) is 9.59 Å². The normalized spacial score (nSPS) is 16.8. The Bertz CT molecular complexity index is 722. The second-order valence-corrected chi connectivity index (χ2v) is 7.22. The van der Waals surface area contributed by atoms with Crippen molar-refractivity contribution in [1.29, 1.82) is 0 Å². The summed E-state index contributed by atoms with van der Waals surface area (Å²) in [5.41, 5.74) is 0.543. The van der Waals surface area contributed by atoms with Gasteiger partial charge in [-0.1, -0.05) is 6.92 Å². The quantitative estimate of drug-likeness (QED) is 0.723. The number of hydrogen-bond donors (Lipinski definition) is 1. The Kier molecular flexibility index (Phi) is 6.76. The number of amides is 1. The van der Waals surface area contributed by atoms with Gasteiger partial charge in [0.05, 0.1) is 12.3 Å². The monoisotopic (exact) mass is 369 g/mol. The van der Waals surface area contributed by atoms with Gasteiger partial charge in [-0.05, 0) is 56.1 Å². The van der Waals surface area contributed by atoms with Gasteiger partial charge in [-0.2, -0.15) is 0 Å². The first-order chi connectivity index (χ1) is 13.1. The fourth-order valence-corrected chi connectivity index (χ4v) is 3.43. The first-order valence-electron chi connectivity index (χ1n) is 9.61. The van der Waals surface area contributed by atoms with Gasteiger partial charge in [0.15, 0.2) is 5.78 Å². The summed E-state index contributed by atoms with van der Waals surface area (Å²) >= 11 is 0. The van der Waals surface area contributed by atoms with Gasteiger partial charge in [0, 0.05) is 37.3 Å². The second kappa shape index (κ2) is 9.46. The highest BCUT2D eigenvalue weighted by Crippen LogP contribution is 2.26. The van der Waals surface area contributed by atoms with E-state index >= 15 is 0 Å². The molecule has 6 heteroatoms. The van der Waals surface area contributed by atoms with Crippen molar-refractivity contribution in [1.82, 2.24) is 15.2 Å². The van der Waals surface area contributed by atoms with Crippen molar-refractivity contribution < 1.29 is 14.0 Å². The lowest BCUT2D eigenvalue weighted by atomic mass is 9.97. The lowest BCUT2D eigenvalue weighted by Gasteiger charge is -2.35. The number of pyridine rings is 1. The second-order valence-electron chi connectivity index (χ2n) is 7.22. The number of carbonyl (C=O) groups excluding carboxylic acids is 2. The van der Waals surface area contributed by atoms with E-state index in [0.29, 0.717) is 12.1 Å². The third kappa shape index (κ3) is 5.50. The number of nitrogens with one attached hydrogen (secondary N) is 1. The van der Waals surface area contributed by atoms with Gasteiger partial charge < -0.3 is 9.73 Å². The number of likely N-dealkylation sites (tertiary alicyclic amines) is 1. The molecule has 1 atom stereocenters. The SMILES string of the molecule is CC1CCN(C(CNC(=O)CCC(=O)c2cccnc2)c2ccco2)CC1. The number of carbonyl (C=O) groups is 2. The Morgan fingerprint density at radius 1 is 1.26 bits per heavy atom. The summed E-state index contributed by atoms with van der Waals surface area (Å²) < 4.78 is 5.61. The maximum absolute atomic E-state index is 12.3. The van der Waals surface area contributed by atoms with Crippen LogP contribution in [0.15, 0.2) is 47.3 Å². The maximum atomic E-state index is 12.3. The number of hydrogen-bond acceptors (Lipinski definition) is 5. The Labute approximate surface area is 160 Å². The fourth-order valence-electron chi connectivity index (χ4n) is 3.43. The molecule has 0 aliphatic carbocycles. The van der Waals surface area contributed by atoms with Crippen LogP contribution in [0.3, 0.4) is 0 Å². The van der Waals surface area contributed by atoms with E-state index in [1.165, 1.54) is 6.20 Å². The van der Waals surface area contributed by atoms with Gasteiger partial charge >= 0.3 is 0 Å². The van der Waals surface area contributed by atoms with Crippen LogP contribution >= 0.6 is 0 Å². The number of aromatic nitrogens is 1. The summed E-state index contributed by atoms with van der Waals surface area (Å²) in [5, 5.41) is 2.98. The summed E-state index contributed by atoms with van der Waals surface area (Å²) in [4.78, 5) is 30.7. The third-order valence-corrected chi connectivity index (χ3v) is 5.19. The zero-order chi connectivity index (χ0) is 19.1. The van der Waals surface area contributed by atoms with Gasteiger partial charge in [-0.3, -0.25) is 19.5 Å². The van der Waals surface area contributed by atoms with Crippen molar-refractivity contribution >= 4 is 11.7 Å². The van der Waals surface area contributed by atoms with Crippen LogP contribution in [0.25, 0.3) is 0 Å². The molecule has 1 fully saturated rings. The highest BCUT2D eigenvalue weighted by Gasteiger charge is 2.26. The van der Waals surface area contributed by atoms with E-state index < -0.39 is 0 Å². The number of rotatable bonds is 8. The van der Waals surface area contributed by atoms with Crippen LogP contribution in [-0.2, 0) is 4.79 Å². The number of Topliss-reactive ketones (excluding diaryl/α,β-unsaturated/α-hetero) is 1. The highest BCUT2D eigenvalue weighted by molar-refractivity contribution is 5.97. The zero-order valence-electron chi connectivity index (χ0n) is 15.8. The van der Waals surface area contributed by atoms with Crippen LogP contribution in [0, 0.1) is 5.92 Å². The Morgan fingerprint density at radius 2 is 2.07 bits per heavy atom. The predicted molar refractivity (Wildman–Crippen MR) is 102 cm³/mol. The molecule has 2 aromatic heterocycles. The molecule has 1 aliphatic rings. The van der Waals surface area contributed by atoms with E-state index in [4.69, 9.17) is 4.42 Å². The zero-order valence-corrected chi connectivity index (χ0v) is 15.8. The molecule has 1 aliphatic heterocycles. The fraction of sp³-hybridized carbons (Fsp3) is 0.476. The van der Waals surface area contributed by atoms with E-state index in [0.717, 1.165) is 37.6 Å². The van der Waals surface area contributed by atoms with Gasteiger partial charge in [-0.25, -0.2) is 0 Å². The molecule has 0 spiro atoms. The molecule has 0 saturated carbocycles. The number of ketones is 1. The Balaban J connectivity index is 1.51. The van der Waals surface area contributed by atoms with Crippen molar-refractivity contribution in [2.45, 2.75) is 38.6 Å². The van der Waals surface area contributed by atoms with Crippen molar-refractivity contribution in [3.05, 3.63) is 54.2 Å². The molecule has 27 heavy (non-hydrogen) atoms. The lowest BCUT2D eigenvalue weighted by Crippen LogP contribution is -2.41. The van der Waals surface area contributed by atoms with Gasteiger partial charge in [0.1, 0.15) is 5.76 Å². The molecule has 3 heterocycles. The Hall–Kier alpha value is -2.47. The van der Waals surface area contributed by atoms with Crippen LogP contribution in [0.4, 0.5) is 0 Å². The highest BCUT2D eigenvalue weighted by atomic mass is 16.3. The number of piperidine rings is 1. The standard InChI is InChI=1S/C21H27N3O3/c1-16-8-11-24(12-9-16)18(20-5-3-13-27-20)15-23-21(26)7-6-19(25)17-4-2-10-22-14-17/h2-5,10,13-14,16,18H,6-9,11-12,15H2,1H3,(H,23,26). The average Bonchev–Trinajstić information content (AvgIpc) is 3.23. The molecule has 0 bridgehead atoms. The van der Waals surface area contributed by atoms with E-state index in [1.54, 1.807) is 24.6 Å². The predicted octanol–water partition coefficient (Wildman–Crippen LogP) is 3.23. The van der Waals surface area contributed by atoms with Crippen LogP contribution in [-0.4, -0.2) is 41.2 Å².